The molecule has 1 fully saturated rings. The molecule has 41 heavy (non-hydrogen) atoms. The Hall–Kier alpha value is -4.02. The molecular formula is C31H33ClN6O3. The molecule has 1 unspecified atom stereocenters. The number of benzene rings is 3. The molecule has 1 aliphatic heterocycles. The second-order valence-corrected chi connectivity index (χ2v) is 10.3. The summed E-state index contributed by atoms with van der Waals surface area (Å²) in [6.45, 7) is 5.35. The summed E-state index contributed by atoms with van der Waals surface area (Å²) >= 11 is 6.13. The van der Waals surface area contributed by atoms with Crippen molar-refractivity contribution in [3.05, 3.63) is 95.3 Å². The minimum absolute atomic E-state index is 0.296. The highest BCUT2D eigenvalue weighted by atomic mass is 35.5. The fraction of sp³-hybridized carbons (Fsp3) is 0.258. The molecule has 1 aliphatic rings. The van der Waals surface area contributed by atoms with Gasteiger partial charge in [-0.2, -0.15) is 0 Å². The van der Waals surface area contributed by atoms with Crippen LogP contribution in [0.4, 0.5) is 17.1 Å². The quantitative estimate of drug-likeness (QED) is 0.225. The fourth-order valence-corrected chi connectivity index (χ4v) is 5.23. The Bertz CT molecular complexity index is 1540. The van der Waals surface area contributed by atoms with Crippen molar-refractivity contribution in [1.82, 2.24) is 15.2 Å². The summed E-state index contributed by atoms with van der Waals surface area (Å²) in [6.07, 6.45) is 3.55. The third-order valence-corrected chi connectivity index (χ3v) is 7.36. The number of nitrogens with zero attached hydrogens (tertiary/aromatic N) is 3. The number of fused-ring (bicyclic) bond motifs is 1. The van der Waals surface area contributed by atoms with Crippen LogP contribution in [0.1, 0.15) is 34.1 Å². The topological polar surface area (TPSA) is 110 Å². The number of anilines is 3. The van der Waals surface area contributed by atoms with Gasteiger partial charge in [0.25, 0.3) is 11.8 Å². The summed E-state index contributed by atoms with van der Waals surface area (Å²) in [7, 11) is 0. The molecule has 4 aromatic rings. The summed E-state index contributed by atoms with van der Waals surface area (Å²) in [5.74, 6) is -0.623. The van der Waals surface area contributed by atoms with E-state index in [0.29, 0.717) is 47.2 Å². The Morgan fingerprint density at radius 2 is 1.71 bits per heavy atom. The lowest BCUT2D eigenvalue weighted by Crippen LogP contribution is -2.47. The predicted octanol–water partition coefficient (Wildman–Crippen LogP) is 4.79. The zero-order valence-electron chi connectivity index (χ0n) is 22.8. The van der Waals surface area contributed by atoms with E-state index in [9.17, 15) is 14.7 Å². The molecule has 212 valence electrons. The number of aliphatic hydroxyl groups excluding tert-OH is 1. The molecule has 5 rings (SSSR count). The van der Waals surface area contributed by atoms with Crippen LogP contribution in [-0.4, -0.2) is 65.9 Å². The molecule has 0 saturated carbocycles. The number of halogens is 1. The third-order valence-electron chi connectivity index (χ3n) is 7.13. The first-order chi connectivity index (χ1) is 19.9. The van der Waals surface area contributed by atoms with Gasteiger partial charge in [0, 0.05) is 71.2 Å². The number of aliphatic hydroxyl groups is 1. The van der Waals surface area contributed by atoms with E-state index < -0.39 is 6.35 Å². The minimum atomic E-state index is -0.710. The van der Waals surface area contributed by atoms with Gasteiger partial charge in [-0.3, -0.25) is 24.8 Å². The number of amides is 2. The van der Waals surface area contributed by atoms with Crippen LogP contribution >= 0.6 is 11.6 Å². The SMILES string of the molecule is CCNC(O)N1CCCN(c2ccc(C(=O)Nc3cccc4cnccc34)cc2NC(=O)c2cccc(Cl)c2)CC1. The first-order valence-corrected chi connectivity index (χ1v) is 14.1. The molecule has 0 bridgehead atoms. The molecule has 9 nitrogen and oxygen atoms in total. The summed E-state index contributed by atoms with van der Waals surface area (Å²) in [5, 5.41) is 21.8. The number of carbonyl (C=O) groups excluding carboxylic acids is 2. The Kier molecular flexibility index (Phi) is 9.11. The van der Waals surface area contributed by atoms with Gasteiger partial charge < -0.3 is 20.6 Å². The molecule has 1 atom stereocenters. The van der Waals surface area contributed by atoms with E-state index >= 15 is 0 Å². The van der Waals surface area contributed by atoms with Crippen molar-refractivity contribution in [2.24, 2.45) is 0 Å². The van der Waals surface area contributed by atoms with Crippen molar-refractivity contribution in [3.8, 4) is 0 Å². The Balaban J connectivity index is 1.43. The smallest absolute Gasteiger partial charge is 0.255 e. The number of carbonyl (C=O) groups is 2. The van der Waals surface area contributed by atoms with Crippen molar-refractivity contribution in [1.29, 1.82) is 0 Å². The largest absolute Gasteiger partial charge is 0.369 e. The normalized spacial score (nSPS) is 14.9. The van der Waals surface area contributed by atoms with E-state index in [1.54, 1.807) is 48.8 Å². The van der Waals surface area contributed by atoms with Gasteiger partial charge >= 0.3 is 0 Å². The summed E-state index contributed by atoms with van der Waals surface area (Å²) in [4.78, 5) is 35.0. The summed E-state index contributed by atoms with van der Waals surface area (Å²) in [5.41, 5.74) is 2.81. The Morgan fingerprint density at radius 1 is 0.927 bits per heavy atom. The molecular weight excluding hydrogens is 540 g/mol. The average Bonchev–Trinajstić information content (AvgIpc) is 3.24. The first-order valence-electron chi connectivity index (χ1n) is 13.7. The lowest BCUT2D eigenvalue weighted by atomic mass is 10.1. The number of hydrogen-bond donors (Lipinski definition) is 4. The molecule has 0 radical (unpaired) electrons. The summed E-state index contributed by atoms with van der Waals surface area (Å²) < 4.78 is 0. The van der Waals surface area contributed by atoms with Gasteiger partial charge in [-0.15, -0.1) is 0 Å². The molecule has 1 aromatic heterocycles. The second kappa shape index (κ2) is 13.1. The molecule has 0 spiro atoms. The van der Waals surface area contributed by atoms with Gasteiger partial charge in [-0.1, -0.05) is 36.7 Å². The zero-order valence-corrected chi connectivity index (χ0v) is 23.6. The van der Waals surface area contributed by atoms with Crippen LogP contribution < -0.4 is 20.9 Å². The van der Waals surface area contributed by atoms with Crippen molar-refractivity contribution in [2.45, 2.75) is 19.7 Å². The van der Waals surface area contributed by atoms with Gasteiger partial charge in [-0.25, -0.2) is 0 Å². The second-order valence-electron chi connectivity index (χ2n) is 9.86. The molecule has 1 saturated heterocycles. The van der Waals surface area contributed by atoms with Gasteiger partial charge in [0.1, 0.15) is 0 Å². The highest BCUT2D eigenvalue weighted by Crippen LogP contribution is 2.30. The van der Waals surface area contributed by atoms with Crippen LogP contribution in [0.15, 0.2) is 79.1 Å². The van der Waals surface area contributed by atoms with Crippen LogP contribution in [0.3, 0.4) is 0 Å². The van der Waals surface area contributed by atoms with Gasteiger partial charge in [0.2, 0.25) is 0 Å². The third kappa shape index (κ3) is 6.83. The molecule has 3 aromatic carbocycles. The monoisotopic (exact) mass is 572 g/mol. The number of rotatable bonds is 8. The molecule has 2 heterocycles. The minimum Gasteiger partial charge on any atom is -0.369 e. The summed E-state index contributed by atoms with van der Waals surface area (Å²) in [6, 6.07) is 19.6. The zero-order chi connectivity index (χ0) is 28.8. The first kappa shape index (κ1) is 28.5. The van der Waals surface area contributed by atoms with Crippen LogP contribution in [0.5, 0.6) is 0 Å². The standard InChI is InChI=1S/C31H33ClN6O3/c1-2-34-31(41)38-15-5-14-37(16-17-38)28-11-10-22(19-27(28)36-29(39)21-6-3-8-24(32)18-21)30(40)35-26-9-4-7-23-20-33-13-12-25(23)26/h3-4,6-13,18-20,31,34,41H,2,5,14-17H2,1H3,(H,35,40)(H,36,39). The van der Waals surface area contributed by atoms with E-state index in [1.807, 2.05) is 42.2 Å². The van der Waals surface area contributed by atoms with Crippen LogP contribution in [0.2, 0.25) is 5.02 Å². The fourth-order valence-electron chi connectivity index (χ4n) is 5.04. The van der Waals surface area contributed by atoms with E-state index in [-0.39, 0.29) is 11.8 Å². The molecule has 4 N–H and O–H groups in total. The van der Waals surface area contributed by atoms with Crippen LogP contribution in [-0.2, 0) is 0 Å². The lowest BCUT2D eigenvalue weighted by molar-refractivity contribution is -0.0166. The van der Waals surface area contributed by atoms with Crippen LogP contribution in [0, 0.1) is 0 Å². The number of pyridine rings is 1. The molecule has 0 aliphatic carbocycles. The van der Waals surface area contributed by atoms with Gasteiger partial charge in [0.15, 0.2) is 6.35 Å². The van der Waals surface area contributed by atoms with Crippen molar-refractivity contribution < 1.29 is 14.7 Å². The maximum Gasteiger partial charge on any atom is 0.255 e. The maximum atomic E-state index is 13.4. The number of hydrogen-bond acceptors (Lipinski definition) is 7. The van der Waals surface area contributed by atoms with Crippen molar-refractivity contribution in [2.75, 3.05) is 48.3 Å². The molecule has 10 heteroatoms. The number of aromatic nitrogens is 1. The van der Waals surface area contributed by atoms with Crippen molar-refractivity contribution in [3.63, 3.8) is 0 Å². The Labute approximate surface area is 244 Å². The average molecular weight is 573 g/mol. The molecule has 2 amide bonds. The van der Waals surface area contributed by atoms with E-state index in [1.165, 1.54) is 0 Å². The van der Waals surface area contributed by atoms with Crippen LogP contribution in [0.25, 0.3) is 10.8 Å². The van der Waals surface area contributed by atoms with Crippen molar-refractivity contribution >= 4 is 51.2 Å². The van der Waals surface area contributed by atoms with E-state index in [4.69, 9.17) is 11.6 Å². The highest BCUT2D eigenvalue weighted by Gasteiger charge is 2.23. The Morgan fingerprint density at radius 3 is 2.51 bits per heavy atom. The van der Waals surface area contributed by atoms with Gasteiger partial charge in [-0.05, 0) is 61.5 Å². The van der Waals surface area contributed by atoms with E-state index in [2.05, 4.69) is 25.8 Å². The van der Waals surface area contributed by atoms with Gasteiger partial charge in [0.05, 0.1) is 11.4 Å². The highest BCUT2D eigenvalue weighted by molar-refractivity contribution is 6.31. The lowest BCUT2D eigenvalue weighted by Gasteiger charge is -2.28. The maximum absolute atomic E-state index is 13.4. The number of nitrogens with one attached hydrogen (secondary N) is 3. The predicted molar refractivity (Wildman–Crippen MR) is 164 cm³/mol. The van der Waals surface area contributed by atoms with E-state index in [0.717, 1.165) is 36.0 Å².